The van der Waals surface area contributed by atoms with Crippen LogP contribution in [0.15, 0.2) is 18.2 Å². The van der Waals surface area contributed by atoms with Gasteiger partial charge in [0, 0.05) is 18.7 Å². The normalized spacial score (nSPS) is 24.5. The van der Waals surface area contributed by atoms with Gasteiger partial charge < -0.3 is 10.1 Å². The third kappa shape index (κ3) is 3.39. The fourth-order valence-electron chi connectivity index (χ4n) is 2.32. The zero-order valence-electron chi connectivity index (χ0n) is 10.7. The Labute approximate surface area is 119 Å². The first-order chi connectivity index (χ1) is 8.58. The van der Waals surface area contributed by atoms with Gasteiger partial charge in [-0.05, 0) is 18.4 Å². The van der Waals surface area contributed by atoms with Crippen molar-refractivity contribution in [2.24, 2.45) is 5.92 Å². The van der Waals surface area contributed by atoms with Crippen LogP contribution >= 0.6 is 23.2 Å². The van der Waals surface area contributed by atoms with Gasteiger partial charge in [0.2, 0.25) is 0 Å². The van der Waals surface area contributed by atoms with E-state index in [-0.39, 0.29) is 12.2 Å². The standard InChI is InChI=1S/C14H19Cl2NO/c1-9(2)6-10-7-17-8-13(18-10)11-4-3-5-12(15)14(11)16/h3-5,9-10,13,17H,6-8H2,1-2H3. The molecule has 1 aliphatic rings. The number of halogens is 2. The third-order valence-corrected chi connectivity index (χ3v) is 3.95. The molecule has 18 heavy (non-hydrogen) atoms. The van der Waals surface area contributed by atoms with Crippen LogP contribution in [0.1, 0.15) is 31.9 Å². The molecule has 0 aromatic heterocycles. The highest BCUT2D eigenvalue weighted by Crippen LogP contribution is 2.33. The molecule has 0 radical (unpaired) electrons. The van der Waals surface area contributed by atoms with E-state index >= 15 is 0 Å². The quantitative estimate of drug-likeness (QED) is 0.905. The summed E-state index contributed by atoms with van der Waals surface area (Å²) in [6.45, 7) is 6.11. The number of benzene rings is 1. The Morgan fingerprint density at radius 2 is 2.11 bits per heavy atom. The molecule has 1 N–H and O–H groups in total. The van der Waals surface area contributed by atoms with Crippen molar-refractivity contribution in [2.75, 3.05) is 13.1 Å². The number of hydrogen-bond acceptors (Lipinski definition) is 2. The van der Waals surface area contributed by atoms with Gasteiger partial charge in [0.25, 0.3) is 0 Å². The molecule has 2 rings (SSSR count). The van der Waals surface area contributed by atoms with Crippen LogP contribution in [0.4, 0.5) is 0 Å². The average Bonchev–Trinajstić information content (AvgIpc) is 2.32. The van der Waals surface area contributed by atoms with Gasteiger partial charge in [-0.1, -0.05) is 49.2 Å². The molecule has 0 aliphatic carbocycles. The van der Waals surface area contributed by atoms with Crippen LogP contribution in [-0.4, -0.2) is 19.2 Å². The second-order valence-electron chi connectivity index (χ2n) is 5.18. The smallest absolute Gasteiger partial charge is 0.0968 e. The molecule has 1 fully saturated rings. The summed E-state index contributed by atoms with van der Waals surface area (Å²) in [7, 11) is 0. The van der Waals surface area contributed by atoms with Crippen LogP contribution in [0.25, 0.3) is 0 Å². The molecule has 2 nitrogen and oxygen atoms in total. The molecule has 0 saturated carbocycles. The summed E-state index contributed by atoms with van der Waals surface area (Å²) in [5.74, 6) is 0.630. The van der Waals surface area contributed by atoms with Gasteiger partial charge in [0.05, 0.1) is 22.3 Å². The Hall–Kier alpha value is -0.280. The molecule has 0 spiro atoms. The molecule has 1 heterocycles. The number of hydrogen-bond donors (Lipinski definition) is 1. The van der Waals surface area contributed by atoms with Crippen LogP contribution in [-0.2, 0) is 4.74 Å². The lowest BCUT2D eigenvalue weighted by Gasteiger charge is -2.32. The van der Waals surface area contributed by atoms with Crippen LogP contribution in [0.5, 0.6) is 0 Å². The third-order valence-electron chi connectivity index (χ3n) is 3.12. The van der Waals surface area contributed by atoms with Crippen molar-refractivity contribution in [3.8, 4) is 0 Å². The highest BCUT2D eigenvalue weighted by molar-refractivity contribution is 6.42. The maximum absolute atomic E-state index is 6.24. The molecular formula is C14H19Cl2NO. The van der Waals surface area contributed by atoms with E-state index in [1.54, 1.807) is 6.07 Å². The molecule has 0 amide bonds. The van der Waals surface area contributed by atoms with E-state index in [1.807, 2.05) is 12.1 Å². The van der Waals surface area contributed by atoms with Crippen LogP contribution in [0, 0.1) is 5.92 Å². The number of ether oxygens (including phenoxy) is 1. The second-order valence-corrected chi connectivity index (χ2v) is 5.96. The topological polar surface area (TPSA) is 21.3 Å². The van der Waals surface area contributed by atoms with Gasteiger partial charge in [0.15, 0.2) is 0 Å². The van der Waals surface area contributed by atoms with Gasteiger partial charge in [-0.15, -0.1) is 0 Å². The molecule has 1 aromatic carbocycles. The molecule has 2 atom stereocenters. The van der Waals surface area contributed by atoms with Crippen molar-refractivity contribution in [1.82, 2.24) is 5.32 Å². The molecule has 4 heteroatoms. The molecule has 1 saturated heterocycles. The van der Waals surface area contributed by atoms with E-state index in [2.05, 4.69) is 19.2 Å². The number of nitrogens with one attached hydrogen (secondary N) is 1. The first-order valence-corrected chi connectivity index (χ1v) is 7.13. The fraction of sp³-hybridized carbons (Fsp3) is 0.571. The first-order valence-electron chi connectivity index (χ1n) is 6.38. The molecule has 100 valence electrons. The molecule has 1 aliphatic heterocycles. The average molecular weight is 288 g/mol. The Bertz CT molecular complexity index is 409. The molecule has 1 aromatic rings. The highest BCUT2D eigenvalue weighted by Gasteiger charge is 2.25. The van der Waals surface area contributed by atoms with Crippen molar-refractivity contribution < 1.29 is 4.74 Å². The summed E-state index contributed by atoms with van der Waals surface area (Å²) in [5.41, 5.74) is 0.977. The summed E-state index contributed by atoms with van der Waals surface area (Å²) in [6, 6.07) is 5.70. The Kier molecular flexibility index (Phi) is 4.91. The highest BCUT2D eigenvalue weighted by atomic mass is 35.5. The summed E-state index contributed by atoms with van der Waals surface area (Å²) in [4.78, 5) is 0. The van der Waals surface area contributed by atoms with E-state index in [0.29, 0.717) is 16.0 Å². The van der Waals surface area contributed by atoms with Crippen molar-refractivity contribution in [3.63, 3.8) is 0 Å². The minimum atomic E-state index is -0.00583. The van der Waals surface area contributed by atoms with Gasteiger partial charge in [0.1, 0.15) is 0 Å². The van der Waals surface area contributed by atoms with Crippen LogP contribution < -0.4 is 5.32 Å². The van der Waals surface area contributed by atoms with Gasteiger partial charge in [-0.3, -0.25) is 0 Å². The first kappa shape index (κ1) is 14.1. The SMILES string of the molecule is CC(C)CC1CNCC(c2cccc(Cl)c2Cl)O1. The minimum Gasteiger partial charge on any atom is -0.368 e. The fourth-order valence-corrected chi connectivity index (χ4v) is 2.75. The summed E-state index contributed by atoms with van der Waals surface area (Å²) in [5, 5.41) is 4.60. The van der Waals surface area contributed by atoms with E-state index in [1.165, 1.54) is 0 Å². The van der Waals surface area contributed by atoms with Crippen molar-refractivity contribution >= 4 is 23.2 Å². The number of rotatable bonds is 3. The lowest BCUT2D eigenvalue weighted by atomic mass is 10.0. The predicted octanol–water partition coefficient (Wildman–Crippen LogP) is 4.07. The van der Waals surface area contributed by atoms with Crippen molar-refractivity contribution in [2.45, 2.75) is 32.5 Å². The largest absolute Gasteiger partial charge is 0.368 e. The van der Waals surface area contributed by atoms with Crippen molar-refractivity contribution in [3.05, 3.63) is 33.8 Å². The summed E-state index contributed by atoms with van der Waals surface area (Å²) < 4.78 is 6.11. The summed E-state index contributed by atoms with van der Waals surface area (Å²) in [6.07, 6.45) is 1.30. The zero-order chi connectivity index (χ0) is 13.1. The Morgan fingerprint density at radius 3 is 2.83 bits per heavy atom. The maximum atomic E-state index is 6.24. The lowest BCUT2D eigenvalue weighted by Crippen LogP contribution is -2.41. The van der Waals surface area contributed by atoms with Crippen molar-refractivity contribution in [1.29, 1.82) is 0 Å². The van der Waals surface area contributed by atoms with Crippen LogP contribution in [0.2, 0.25) is 10.0 Å². The molecular weight excluding hydrogens is 269 g/mol. The lowest BCUT2D eigenvalue weighted by molar-refractivity contribution is -0.0473. The van der Waals surface area contributed by atoms with Gasteiger partial charge in [-0.2, -0.15) is 0 Å². The van der Waals surface area contributed by atoms with E-state index in [9.17, 15) is 0 Å². The Morgan fingerprint density at radius 1 is 1.33 bits per heavy atom. The van der Waals surface area contributed by atoms with E-state index < -0.39 is 0 Å². The molecule has 2 unspecified atom stereocenters. The van der Waals surface area contributed by atoms with Gasteiger partial charge in [-0.25, -0.2) is 0 Å². The van der Waals surface area contributed by atoms with Crippen LogP contribution in [0.3, 0.4) is 0 Å². The van der Waals surface area contributed by atoms with E-state index in [0.717, 1.165) is 25.1 Å². The number of morpholine rings is 1. The van der Waals surface area contributed by atoms with E-state index in [4.69, 9.17) is 27.9 Å². The predicted molar refractivity (Wildman–Crippen MR) is 76.4 cm³/mol. The minimum absolute atomic E-state index is 0.00583. The zero-order valence-corrected chi connectivity index (χ0v) is 12.3. The summed E-state index contributed by atoms with van der Waals surface area (Å²) >= 11 is 12.3. The Balaban J connectivity index is 2.11. The van der Waals surface area contributed by atoms with Gasteiger partial charge >= 0.3 is 0 Å². The second kappa shape index (κ2) is 6.25. The molecule has 0 bridgehead atoms. The monoisotopic (exact) mass is 287 g/mol. The maximum Gasteiger partial charge on any atom is 0.0968 e.